The van der Waals surface area contributed by atoms with Crippen LogP contribution in [0.3, 0.4) is 0 Å². The van der Waals surface area contributed by atoms with Gasteiger partial charge in [0.25, 0.3) is 0 Å². The van der Waals surface area contributed by atoms with Crippen molar-refractivity contribution in [3.05, 3.63) is 35.5 Å². The molecular weight excluding hydrogens is 270 g/mol. The van der Waals surface area contributed by atoms with Gasteiger partial charge in [-0.15, -0.1) is 11.3 Å². The molecule has 0 saturated carbocycles. The Hall–Kier alpha value is -1.75. The molecule has 0 aliphatic heterocycles. The van der Waals surface area contributed by atoms with Crippen LogP contribution in [0.1, 0.15) is 31.9 Å². The van der Waals surface area contributed by atoms with Crippen LogP contribution in [-0.2, 0) is 11.2 Å². The lowest BCUT2D eigenvalue weighted by atomic mass is 10.2. The third-order valence-electron chi connectivity index (χ3n) is 2.88. The van der Waals surface area contributed by atoms with Crippen LogP contribution < -0.4 is 5.32 Å². The maximum absolute atomic E-state index is 11.8. The minimum atomic E-state index is 0.0407. The second kappa shape index (κ2) is 7.75. The van der Waals surface area contributed by atoms with Gasteiger partial charge in [-0.2, -0.15) is 0 Å². The van der Waals surface area contributed by atoms with Crippen molar-refractivity contribution in [3.63, 3.8) is 0 Å². The molecule has 1 N–H and O–H groups in total. The molecule has 5 heteroatoms. The average Bonchev–Trinajstić information content (AvgIpc) is 2.93. The van der Waals surface area contributed by atoms with Crippen molar-refractivity contribution in [1.29, 1.82) is 0 Å². The summed E-state index contributed by atoms with van der Waals surface area (Å²) in [5.74, 6) is 0.0407. The highest BCUT2D eigenvalue weighted by atomic mass is 32.1. The van der Waals surface area contributed by atoms with E-state index in [1.54, 1.807) is 6.20 Å². The van der Waals surface area contributed by atoms with E-state index in [1.807, 2.05) is 23.6 Å². The number of hydrogen-bond acceptors (Lipinski definition) is 4. The summed E-state index contributed by atoms with van der Waals surface area (Å²) in [6.07, 6.45) is 5.45. The van der Waals surface area contributed by atoms with Crippen LogP contribution in [0.15, 0.2) is 29.8 Å². The van der Waals surface area contributed by atoms with Crippen LogP contribution in [0.2, 0.25) is 0 Å². The normalized spacial score (nSPS) is 10.4. The van der Waals surface area contributed by atoms with Gasteiger partial charge in [0.05, 0.1) is 17.8 Å². The Kier molecular flexibility index (Phi) is 5.68. The molecular formula is C15H19N3OS. The standard InChI is InChI=1S/C15H19N3OS/c1-2-3-5-9-17-14(19)10-12-11-20-15(18-12)13-7-4-6-8-16-13/h4,6-8,11H,2-3,5,9-10H2,1H3,(H,17,19). The number of thiazole rings is 1. The second-order valence-electron chi connectivity index (χ2n) is 4.59. The van der Waals surface area contributed by atoms with E-state index >= 15 is 0 Å². The highest BCUT2D eigenvalue weighted by Gasteiger charge is 2.09. The van der Waals surface area contributed by atoms with E-state index in [0.717, 1.165) is 42.2 Å². The number of nitrogens with one attached hydrogen (secondary N) is 1. The van der Waals surface area contributed by atoms with Gasteiger partial charge in [0.2, 0.25) is 5.91 Å². The van der Waals surface area contributed by atoms with Gasteiger partial charge in [0.15, 0.2) is 0 Å². The predicted octanol–water partition coefficient (Wildman–Crippen LogP) is 3.05. The van der Waals surface area contributed by atoms with E-state index in [0.29, 0.717) is 6.42 Å². The molecule has 2 aromatic rings. The van der Waals surface area contributed by atoms with Gasteiger partial charge in [-0.25, -0.2) is 4.98 Å². The maximum atomic E-state index is 11.8. The minimum Gasteiger partial charge on any atom is -0.356 e. The topological polar surface area (TPSA) is 54.9 Å². The van der Waals surface area contributed by atoms with Crippen molar-refractivity contribution in [1.82, 2.24) is 15.3 Å². The molecule has 20 heavy (non-hydrogen) atoms. The number of carbonyl (C=O) groups excluding carboxylic acids is 1. The predicted molar refractivity (Wildman–Crippen MR) is 81.6 cm³/mol. The van der Waals surface area contributed by atoms with Crippen LogP contribution in [0.5, 0.6) is 0 Å². The number of rotatable bonds is 7. The first kappa shape index (κ1) is 14.7. The Morgan fingerprint density at radius 2 is 2.25 bits per heavy atom. The fourth-order valence-corrected chi connectivity index (χ4v) is 2.62. The van der Waals surface area contributed by atoms with Crippen LogP contribution >= 0.6 is 11.3 Å². The molecule has 0 aliphatic rings. The van der Waals surface area contributed by atoms with Gasteiger partial charge in [-0.3, -0.25) is 9.78 Å². The van der Waals surface area contributed by atoms with Crippen LogP contribution in [0.25, 0.3) is 10.7 Å². The molecule has 1 amide bonds. The van der Waals surface area contributed by atoms with Crippen molar-refractivity contribution in [3.8, 4) is 10.7 Å². The number of nitrogens with zero attached hydrogens (tertiary/aromatic N) is 2. The van der Waals surface area contributed by atoms with Crippen molar-refractivity contribution in [2.75, 3.05) is 6.54 Å². The summed E-state index contributed by atoms with van der Waals surface area (Å²) >= 11 is 1.52. The SMILES string of the molecule is CCCCCNC(=O)Cc1csc(-c2ccccn2)n1. The number of amides is 1. The molecule has 0 aliphatic carbocycles. The monoisotopic (exact) mass is 289 g/mol. The van der Waals surface area contributed by atoms with Crippen LogP contribution in [0, 0.1) is 0 Å². The fourth-order valence-electron chi connectivity index (χ4n) is 1.82. The summed E-state index contributed by atoms with van der Waals surface area (Å²) in [7, 11) is 0. The molecule has 2 heterocycles. The average molecular weight is 289 g/mol. The van der Waals surface area contributed by atoms with Gasteiger partial charge in [-0.1, -0.05) is 25.8 Å². The lowest BCUT2D eigenvalue weighted by molar-refractivity contribution is -0.120. The Morgan fingerprint density at radius 1 is 1.35 bits per heavy atom. The summed E-state index contributed by atoms with van der Waals surface area (Å²) in [6.45, 7) is 2.90. The Balaban J connectivity index is 1.85. The lowest BCUT2D eigenvalue weighted by Crippen LogP contribution is -2.26. The summed E-state index contributed by atoms with van der Waals surface area (Å²) in [5, 5.41) is 5.71. The summed E-state index contributed by atoms with van der Waals surface area (Å²) in [6, 6.07) is 5.74. The number of pyridine rings is 1. The number of carbonyl (C=O) groups is 1. The molecule has 0 unspecified atom stereocenters. The molecule has 2 aromatic heterocycles. The molecule has 0 spiro atoms. The zero-order chi connectivity index (χ0) is 14.2. The largest absolute Gasteiger partial charge is 0.356 e. The third kappa shape index (κ3) is 4.42. The smallest absolute Gasteiger partial charge is 0.226 e. The molecule has 106 valence electrons. The third-order valence-corrected chi connectivity index (χ3v) is 3.79. The number of hydrogen-bond donors (Lipinski definition) is 1. The van der Waals surface area contributed by atoms with E-state index < -0.39 is 0 Å². The van der Waals surface area contributed by atoms with Crippen molar-refractivity contribution < 1.29 is 4.79 Å². The summed E-state index contributed by atoms with van der Waals surface area (Å²) < 4.78 is 0. The van der Waals surface area contributed by atoms with Gasteiger partial charge in [-0.05, 0) is 18.6 Å². The number of unbranched alkanes of at least 4 members (excludes halogenated alkanes) is 2. The van der Waals surface area contributed by atoms with Gasteiger partial charge < -0.3 is 5.32 Å². The quantitative estimate of drug-likeness (QED) is 0.797. The first-order valence-corrected chi connectivity index (χ1v) is 7.80. The van der Waals surface area contributed by atoms with E-state index in [4.69, 9.17) is 0 Å². The van der Waals surface area contributed by atoms with Crippen molar-refractivity contribution in [2.45, 2.75) is 32.6 Å². The zero-order valence-corrected chi connectivity index (χ0v) is 12.4. The molecule has 0 atom stereocenters. The zero-order valence-electron chi connectivity index (χ0n) is 11.6. The summed E-state index contributed by atoms with van der Waals surface area (Å²) in [4.78, 5) is 20.5. The highest BCUT2D eigenvalue weighted by molar-refractivity contribution is 7.13. The molecule has 0 fully saturated rings. The highest BCUT2D eigenvalue weighted by Crippen LogP contribution is 2.21. The Labute approximate surface area is 123 Å². The van der Waals surface area contributed by atoms with E-state index in [-0.39, 0.29) is 5.91 Å². The van der Waals surface area contributed by atoms with Crippen LogP contribution in [0.4, 0.5) is 0 Å². The molecule has 0 saturated heterocycles. The second-order valence-corrected chi connectivity index (χ2v) is 5.45. The van der Waals surface area contributed by atoms with Crippen molar-refractivity contribution in [2.24, 2.45) is 0 Å². The van der Waals surface area contributed by atoms with Crippen LogP contribution in [-0.4, -0.2) is 22.4 Å². The van der Waals surface area contributed by atoms with Gasteiger partial charge >= 0.3 is 0 Å². The molecule has 2 rings (SSSR count). The number of aromatic nitrogens is 2. The lowest BCUT2D eigenvalue weighted by Gasteiger charge is -2.02. The molecule has 4 nitrogen and oxygen atoms in total. The minimum absolute atomic E-state index is 0.0407. The van der Waals surface area contributed by atoms with E-state index in [9.17, 15) is 4.79 Å². The van der Waals surface area contributed by atoms with Gasteiger partial charge in [0, 0.05) is 18.1 Å². The Bertz CT molecular complexity index is 539. The maximum Gasteiger partial charge on any atom is 0.226 e. The van der Waals surface area contributed by atoms with E-state index in [1.165, 1.54) is 11.3 Å². The molecule has 0 radical (unpaired) electrons. The van der Waals surface area contributed by atoms with Gasteiger partial charge in [0.1, 0.15) is 5.01 Å². The van der Waals surface area contributed by atoms with Crippen molar-refractivity contribution >= 4 is 17.2 Å². The Morgan fingerprint density at radius 3 is 3.00 bits per heavy atom. The van der Waals surface area contributed by atoms with E-state index in [2.05, 4.69) is 22.2 Å². The molecule has 0 bridgehead atoms. The first-order valence-electron chi connectivity index (χ1n) is 6.92. The fraction of sp³-hybridized carbons (Fsp3) is 0.400. The summed E-state index contributed by atoms with van der Waals surface area (Å²) in [5.41, 5.74) is 1.66. The first-order chi connectivity index (χ1) is 9.79. The molecule has 0 aromatic carbocycles.